The van der Waals surface area contributed by atoms with Crippen LogP contribution in [0.4, 0.5) is 5.69 Å². The SMILES string of the molecule is N#Cc1cccc(Cn2nc3c(cc2=O)NCCC3)c1. The first-order valence-corrected chi connectivity index (χ1v) is 6.60. The third-order valence-corrected chi connectivity index (χ3v) is 3.37. The lowest BCUT2D eigenvalue weighted by Gasteiger charge is -2.17. The number of aryl methyl sites for hydroxylation is 1. The Morgan fingerprint density at radius 2 is 2.30 bits per heavy atom. The second kappa shape index (κ2) is 5.17. The molecule has 1 aromatic carbocycles. The van der Waals surface area contributed by atoms with E-state index in [1.165, 1.54) is 4.68 Å². The molecule has 0 radical (unpaired) electrons. The summed E-state index contributed by atoms with van der Waals surface area (Å²) in [6.45, 7) is 1.28. The van der Waals surface area contributed by atoms with Crippen LogP contribution in [0.25, 0.3) is 0 Å². The number of fused-ring (bicyclic) bond motifs is 1. The number of aromatic nitrogens is 2. The summed E-state index contributed by atoms with van der Waals surface area (Å²) >= 11 is 0. The standard InChI is InChI=1S/C15H14N4O/c16-9-11-3-1-4-12(7-11)10-19-15(20)8-14-13(18-19)5-2-6-17-14/h1,3-4,7-8,17H,2,5-6,10H2. The lowest BCUT2D eigenvalue weighted by molar-refractivity contribution is 0.608. The second-order valence-electron chi connectivity index (χ2n) is 4.84. The van der Waals surface area contributed by atoms with E-state index < -0.39 is 0 Å². The molecular weight excluding hydrogens is 252 g/mol. The minimum Gasteiger partial charge on any atom is -0.383 e. The van der Waals surface area contributed by atoms with Gasteiger partial charge in [0, 0.05) is 12.6 Å². The predicted octanol–water partition coefficient (Wildman–Crippen LogP) is 1.52. The summed E-state index contributed by atoms with van der Waals surface area (Å²) in [4.78, 5) is 12.0. The van der Waals surface area contributed by atoms with Crippen molar-refractivity contribution >= 4 is 5.69 Å². The van der Waals surface area contributed by atoms with Crippen molar-refractivity contribution in [2.45, 2.75) is 19.4 Å². The first-order chi connectivity index (χ1) is 9.76. The van der Waals surface area contributed by atoms with Gasteiger partial charge in [-0.15, -0.1) is 0 Å². The number of hydrogen-bond acceptors (Lipinski definition) is 4. The topological polar surface area (TPSA) is 70.7 Å². The number of rotatable bonds is 2. The molecule has 0 spiro atoms. The molecule has 20 heavy (non-hydrogen) atoms. The summed E-state index contributed by atoms with van der Waals surface area (Å²) < 4.78 is 1.46. The molecule has 0 aliphatic carbocycles. The largest absolute Gasteiger partial charge is 0.383 e. The number of nitrogens with one attached hydrogen (secondary N) is 1. The maximum absolute atomic E-state index is 12.0. The summed E-state index contributed by atoms with van der Waals surface area (Å²) in [5.41, 5.74) is 3.16. The van der Waals surface area contributed by atoms with E-state index in [-0.39, 0.29) is 5.56 Å². The summed E-state index contributed by atoms with van der Waals surface area (Å²) in [7, 11) is 0. The smallest absolute Gasteiger partial charge is 0.269 e. The van der Waals surface area contributed by atoms with Crippen molar-refractivity contribution in [2.75, 3.05) is 11.9 Å². The highest BCUT2D eigenvalue weighted by atomic mass is 16.1. The van der Waals surface area contributed by atoms with Gasteiger partial charge in [-0.25, -0.2) is 4.68 Å². The number of anilines is 1. The fourth-order valence-electron chi connectivity index (χ4n) is 2.37. The molecule has 0 saturated carbocycles. The van der Waals surface area contributed by atoms with Crippen molar-refractivity contribution < 1.29 is 0 Å². The summed E-state index contributed by atoms with van der Waals surface area (Å²) in [6.07, 6.45) is 1.92. The van der Waals surface area contributed by atoms with Crippen molar-refractivity contribution in [1.82, 2.24) is 9.78 Å². The Labute approximate surface area is 116 Å². The molecule has 5 nitrogen and oxygen atoms in total. The van der Waals surface area contributed by atoms with Crippen LogP contribution in [0.1, 0.15) is 23.2 Å². The number of nitrogens with zero attached hydrogens (tertiary/aromatic N) is 3. The van der Waals surface area contributed by atoms with Gasteiger partial charge in [0.05, 0.1) is 29.6 Å². The molecule has 100 valence electrons. The Balaban J connectivity index is 1.94. The van der Waals surface area contributed by atoms with Crippen molar-refractivity contribution in [3.8, 4) is 6.07 Å². The molecule has 0 bridgehead atoms. The van der Waals surface area contributed by atoms with Crippen molar-refractivity contribution in [3.63, 3.8) is 0 Å². The lowest BCUT2D eigenvalue weighted by Crippen LogP contribution is -2.27. The molecule has 0 atom stereocenters. The van der Waals surface area contributed by atoms with Gasteiger partial charge in [-0.2, -0.15) is 10.4 Å². The van der Waals surface area contributed by atoms with E-state index in [1.54, 1.807) is 18.2 Å². The van der Waals surface area contributed by atoms with Gasteiger partial charge in [0.1, 0.15) is 0 Å². The van der Waals surface area contributed by atoms with Crippen LogP contribution in [0.5, 0.6) is 0 Å². The van der Waals surface area contributed by atoms with Crippen LogP contribution in [-0.2, 0) is 13.0 Å². The van der Waals surface area contributed by atoms with Gasteiger partial charge in [0.2, 0.25) is 0 Å². The highest BCUT2D eigenvalue weighted by Crippen LogP contribution is 2.16. The molecule has 2 heterocycles. The number of benzene rings is 1. The van der Waals surface area contributed by atoms with Crippen LogP contribution in [0, 0.1) is 11.3 Å². The summed E-state index contributed by atoms with van der Waals surface area (Å²) in [5.74, 6) is 0. The molecule has 0 unspecified atom stereocenters. The van der Waals surface area contributed by atoms with Gasteiger partial charge in [-0.05, 0) is 30.5 Å². The number of hydrogen-bond donors (Lipinski definition) is 1. The fraction of sp³-hybridized carbons (Fsp3) is 0.267. The zero-order valence-corrected chi connectivity index (χ0v) is 11.0. The maximum atomic E-state index is 12.0. The van der Waals surface area contributed by atoms with E-state index in [2.05, 4.69) is 16.5 Å². The second-order valence-corrected chi connectivity index (χ2v) is 4.84. The van der Waals surface area contributed by atoms with E-state index in [9.17, 15) is 4.79 Å². The zero-order chi connectivity index (χ0) is 13.9. The molecule has 1 aliphatic heterocycles. The normalized spacial score (nSPS) is 13.2. The Bertz CT molecular complexity index is 742. The minimum atomic E-state index is -0.125. The Morgan fingerprint density at radius 3 is 3.15 bits per heavy atom. The Morgan fingerprint density at radius 1 is 1.40 bits per heavy atom. The van der Waals surface area contributed by atoms with Crippen LogP contribution in [0.3, 0.4) is 0 Å². The average molecular weight is 266 g/mol. The van der Waals surface area contributed by atoms with Gasteiger partial charge in [-0.3, -0.25) is 4.79 Å². The van der Waals surface area contributed by atoms with Gasteiger partial charge >= 0.3 is 0 Å². The van der Waals surface area contributed by atoms with E-state index in [0.29, 0.717) is 12.1 Å². The summed E-state index contributed by atoms with van der Waals surface area (Å²) in [6, 6.07) is 11.0. The van der Waals surface area contributed by atoms with Gasteiger partial charge in [0.15, 0.2) is 0 Å². The average Bonchev–Trinajstić information content (AvgIpc) is 2.48. The maximum Gasteiger partial charge on any atom is 0.269 e. The third-order valence-electron chi connectivity index (χ3n) is 3.37. The third kappa shape index (κ3) is 2.41. The molecule has 0 amide bonds. The number of nitriles is 1. The molecule has 1 aromatic heterocycles. The molecule has 0 saturated heterocycles. The first kappa shape index (κ1) is 12.4. The molecule has 0 fully saturated rings. The lowest BCUT2D eigenvalue weighted by atomic mass is 10.1. The quantitative estimate of drug-likeness (QED) is 0.894. The van der Waals surface area contributed by atoms with Crippen LogP contribution < -0.4 is 10.9 Å². The molecule has 1 aliphatic rings. The van der Waals surface area contributed by atoms with E-state index in [1.807, 2.05) is 12.1 Å². The molecule has 3 rings (SSSR count). The minimum absolute atomic E-state index is 0.125. The first-order valence-electron chi connectivity index (χ1n) is 6.60. The van der Waals surface area contributed by atoms with E-state index in [0.717, 1.165) is 36.3 Å². The highest BCUT2D eigenvalue weighted by molar-refractivity contribution is 5.48. The van der Waals surface area contributed by atoms with E-state index in [4.69, 9.17) is 5.26 Å². The van der Waals surface area contributed by atoms with Crippen LogP contribution in [-0.4, -0.2) is 16.3 Å². The zero-order valence-electron chi connectivity index (χ0n) is 11.0. The Hall–Kier alpha value is -2.61. The molecular formula is C15H14N4O. The van der Waals surface area contributed by atoms with Crippen molar-refractivity contribution in [1.29, 1.82) is 5.26 Å². The molecule has 5 heteroatoms. The van der Waals surface area contributed by atoms with Gasteiger partial charge < -0.3 is 5.32 Å². The summed E-state index contributed by atoms with van der Waals surface area (Å²) in [5, 5.41) is 16.5. The Kier molecular flexibility index (Phi) is 3.21. The van der Waals surface area contributed by atoms with Crippen LogP contribution >= 0.6 is 0 Å². The van der Waals surface area contributed by atoms with Gasteiger partial charge in [-0.1, -0.05) is 12.1 Å². The monoisotopic (exact) mass is 266 g/mol. The molecule has 2 aromatic rings. The van der Waals surface area contributed by atoms with Gasteiger partial charge in [0.25, 0.3) is 5.56 Å². The van der Waals surface area contributed by atoms with Crippen molar-refractivity contribution in [2.24, 2.45) is 0 Å². The van der Waals surface area contributed by atoms with Crippen LogP contribution in [0.15, 0.2) is 35.1 Å². The fourth-order valence-corrected chi connectivity index (χ4v) is 2.37. The van der Waals surface area contributed by atoms with Crippen molar-refractivity contribution in [3.05, 3.63) is 57.5 Å². The highest BCUT2D eigenvalue weighted by Gasteiger charge is 2.12. The predicted molar refractivity (Wildman–Crippen MR) is 75.6 cm³/mol. The van der Waals surface area contributed by atoms with Crippen LogP contribution in [0.2, 0.25) is 0 Å². The van der Waals surface area contributed by atoms with E-state index >= 15 is 0 Å². The molecule has 1 N–H and O–H groups in total.